The van der Waals surface area contributed by atoms with Crippen molar-refractivity contribution >= 4 is 11.9 Å². The molecule has 0 aromatic carbocycles. The lowest BCUT2D eigenvalue weighted by Crippen LogP contribution is -2.42. The molecule has 2 atom stereocenters. The Labute approximate surface area is 85.6 Å². The van der Waals surface area contributed by atoms with Gasteiger partial charge in [0.1, 0.15) is 12.8 Å². The Balaban J connectivity index is 3.78. The number of nitrogens with one attached hydrogen (secondary N) is 1. The molecular formula is C7H14N2O6. The molecule has 0 heterocycles. The fraction of sp³-hybridized carbons (Fsp3) is 0.714. The molecule has 0 aliphatic rings. The molecule has 0 radical (unpaired) electrons. The molecule has 0 bridgehead atoms. The number of hydrogen-bond acceptors (Lipinski definition) is 7. The summed E-state index contributed by atoms with van der Waals surface area (Å²) < 4.78 is 4.42. The zero-order valence-electron chi connectivity index (χ0n) is 7.92. The monoisotopic (exact) mass is 222 g/mol. The Kier molecular flexibility index (Phi) is 6.54. The molecule has 0 aromatic rings. The van der Waals surface area contributed by atoms with Crippen LogP contribution in [0, 0.1) is 0 Å². The van der Waals surface area contributed by atoms with Gasteiger partial charge in [-0.25, -0.2) is 4.79 Å². The van der Waals surface area contributed by atoms with Gasteiger partial charge in [0.25, 0.3) is 0 Å². The molecule has 0 rings (SSSR count). The highest BCUT2D eigenvalue weighted by atomic mass is 16.6. The van der Waals surface area contributed by atoms with E-state index in [0.717, 1.165) is 0 Å². The third-order valence-electron chi connectivity index (χ3n) is 1.52. The summed E-state index contributed by atoms with van der Waals surface area (Å²) in [4.78, 5) is 21.2. The lowest BCUT2D eigenvalue weighted by atomic mass is 10.3. The summed E-state index contributed by atoms with van der Waals surface area (Å²) in [6.07, 6.45) is -1.43. The van der Waals surface area contributed by atoms with Crippen LogP contribution in [0.4, 0.5) is 0 Å². The van der Waals surface area contributed by atoms with Gasteiger partial charge in [-0.2, -0.15) is 0 Å². The van der Waals surface area contributed by atoms with E-state index in [4.69, 9.17) is 21.1 Å². The van der Waals surface area contributed by atoms with Crippen LogP contribution in [0.5, 0.6) is 0 Å². The number of carbonyl (C=O) groups excluding carboxylic acids is 1. The number of rotatable bonds is 7. The summed E-state index contributed by atoms with van der Waals surface area (Å²) in [6.45, 7) is -1.33. The Bertz CT molecular complexity index is 222. The molecule has 8 heteroatoms. The highest BCUT2D eigenvalue weighted by Crippen LogP contribution is 1.87. The summed E-state index contributed by atoms with van der Waals surface area (Å²) in [5.41, 5.74) is 4.97. The van der Waals surface area contributed by atoms with Crippen molar-refractivity contribution in [1.82, 2.24) is 5.32 Å². The number of aliphatic hydroxyl groups is 2. The Morgan fingerprint density at radius 1 is 1.47 bits per heavy atom. The number of ether oxygens (including phenoxy) is 1. The predicted octanol–water partition coefficient (Wildman–Crippen LogP) is -3.16. The molecule has 1 unspecified atom stereocenters. The van der Waals surface area contributed by atoms with Gasteiger partial charge in [-0.1, -0.05) is 0 Å². The van der Waals surface area contributed by atoms with Crippen molar-refractivity contribution < 1.29 is 29.6 Å². The molecule has 0 aliphatic carbocycles. The summed E-state index contributed by atoms with van der Waals surface area (Å²) >= 11 is 0. The van der Waals surface area contributed by atoms with E-state index < -0.39 is 37.4 Å². The van der Waals surface area contributed by atoms with Gasteiger partial charge >= 0.3 is 11.9 Å². The topological polar surface area (TPSA) is 142 Å². The number of aliphatic hydroxyl groups excluding tert-OH is 2. The van der Waals surface area contributed by atoms with Crippen molar-refractivity contribution in [2.75, 3.05) is 19.9 Å². The van der Waals surface area contributed by atoms with E-state index in [1.54, 1.807) is 0 Å². The SMILES string of the molecule is NCC(O)C(=O)OCN[C@@H](CO)C(=O)O. The zero-order valence-corrected chi connectivity index (χ0v) is 7.92. The maximum atomic E-state index is 10.8. The second-order valence-electron chi connectivity index (χ2n) is 2.64. The van der Waals surface area contributed by atoms with Crippen molar-refractivity contribution in [2.45, 2.75) is 12.1 Å². The Morgan fingerprint density at radius 2 is 2.07 bits per heavy atom. The normalized spacial score (nSPS) is 14.3. The van der Waals surface area contributed by atoms with E-state index in [2.05, 4.69) is 10.1 Å². The third-order valence-corrected chi connectivity index (χ3v) is 1.52. The number of carboxylic acids is 1. The van der Waals surface area contributed by atoms with Crippen molar-refractivity contribution in [2.24, 2.45) is 5.73 Å². The number of aliphatic carboxylic acids is 1. The van der Waals surface area contributed by atoms with E-state index in [0.29, 0.717) is 0 Å². The first-order valence-corrected chi connectivity index (χ1v) is 4.14. The first kappa shape index (κ1) is 13.8. The van der Waals surface area contributed by atoms with Crippen LogP contribution in [0.25, 0.3) is 0 Å². The molecule has 8 nitrogen and oxygen atoms in total. The zero-order chi connectivity index (χ0) is 11.8. The van der Waals surface area contributed by atoms with E-state index in [-0.39, 0.29) is 6.54 Å². The third kappa shape index (κ3) is 5.27. The quantitative estimate of drug-likeness (QED) is 0.224. The number of hydrogen-bond donors (Lipinski definition) is 5. The Morgan fingerprint density at radius 3 is 2.47 bits per heavy atom. The molecular weight excluding hydrogens is 208 g/mol. The molecule has 0 aliphatic heterocycles. The molecule has 88 valence electrons. The van der Waals surface area contributed by atoms with Crippen LogP contribution >= 0.6 is 0 Å². The molecule has 6 N–H and O–H groups in total. The van der Waals surface area contributed by atoms with E-state index >= 15 is 0 Å². The molecule has 0 saturated heterocycles. The van der Waals surface area contributed by atoms with Crippen LogP contribution in [0.1, 0.15) is 0 Å². The van der Waals surface area contributed by atoms with E-state index in [9.17, 15) is 9.59 Å². The van der Waals surface area contributed by atoms with Crippen molar-refractivity contribution in [3.63, 3.8) is 0 Å². The summed E-state index contributed by atoms with van der Waals surface area (Å²) in [5.74, 6) is -2.22. The molecule has 15 heavy (non-hydrogen) atoms. The van der Waals surface area contributed by atoms with Gasteiger partial charge in [0.2, 0.25) is 0 Å². The number of carbonyl (C=O) groups is 2. The molecule has 0 fully saturated rings. The van der Waals surface area contributed by atoms with Gasteiger partial charge in [0, 0.05) is 6.54 Å². The van der Waals surface area contributed by atoms with Gasteiger partial charge in [-0.05, 0) is 0 Å². The van der Waals surface area contributed by atoms with Gasteiger partial charge in [-0.3, -0.25) is 10.1 Å². The van der Waals surface area contributed by atoms with Crippen LogP contribution in [0.3, 0.4) is 0 Å². The summed E-state index contributed by atoms with van der Waals surface area (Å²) in [5, 5.41) is 28.1. The summed E-state index contributed by atoms with van der Waals surface area (Å²) in [6, 6.07) is -1.21. The maximum Gasteiger partial charge on any atom is 0.337 e. The second kappa shape index (κ2) is 7.12. The lowest BCUT2D eigenvalue weighted by molar-refractivity contribution is -0.155. The van der Waals surface area contributed by atoms with Crippen LogP contribution in [-0.4, -0.2) is 59.3 Å². The number of nitrogens with two attached hydrogens (primary N) is 1. The summed E-state index contributed by atoms with van der Waals surface area (Å²) in [7, 11) is 0. The van der Waals surface area contributed by atoms with Crippen LogP contribution in [0.15, 0.2) is 0 Å². The largest absolute Gasteiger partial charge is 0.480 e. The minimum atomic E-state index is -1.43. The lowest BCUT2D eigenvalue weighted by Gasteiger charge is -2.13. The average molecular weight is 222 g/mol. The second-order valence-corrected chi connectivity index (χ2v) is 2.64. The first-order valence-electron chi connectivity index (χ1n) is 4.14. The van der Waals surface area contributed by atoms with Crippen LogP contribution < -0.4 is 11.1 Å². The van der Waals surface area contributed by atoms with E-state index in [1.807, 2.05) is 0 Å². The first-order chi connectivity index (χ1) is 7.02. The predicted molar refractivity (Wildman–Crippen MR) is 47.7 cm³/mol. The number of carboxylic acid groups (broad SMARTS) is 1. The average Bonchev–Trinajstić information content (AvgIpc) is 2.22. The van der Waals surface area contributed by atoms with Gasteiger partial charge in [0.05, 0.1) is 6.61 Å². The van der Waals surface area contributed by atoms with Gasteiger partial charge in [-0.15, -0.1) is 0 Å². The highest BCUT2D eigenvalue weighted by molar-refractivity contribution is 5.75. The molecule has 0 amide bonds. The standard InChI is InChI=1S/C7H14N2O6/c8-1-5(11)7(14)15-3-9-4(2-10)6(12)13/h4-5,9-11H,1-3,8H2,(H,12,13)/t4-,5?/m0/s1. The van der Waals surface area contributed by atoms with Crippen LogP contribution in [-0.2, 0) is 14.3 Å². The van der Waals surface area contributed by atoms with Gasteiger partial charge in [0.15, 0.2) is 6.10 Å². The molecule has 0 saturated carbocycles. The van der Waals surface area contributed by atoms with Gasteiger partial charge < -0.3 is 25.8 Å². The van der Waals surface area contributed by atoms with Crippen LogP contribution in [0.2, 0.25) is 0 Å². The minimum Gasteiger partial charge on any atom is -0.480 e. The highest BCUT2D eigenvalue weighted by Gasteiger charge is 2.18. The molecule has 0 spiro atoms. The fourth-order valence-corrected chi connectivity index (χ4v) is 0.636. The minimum absolute atomic E-state index is 0.277. The number of esters is 1. The molecule has 0 aromatic heterocycles. The van der Waals surface area contributed by atoms with Crippen molar-refractivity contribution in [3.05, 3.63) is 0 Å². The fourth-order valence-electron chi connectivity index (χ4n) is 0.636. The van der Waals surface area contributed by atoms with Crippen molar-refractivity contribution in [3.8, 4) is 0 Å². The smallest absolute Gasteiger partial charge is 0.337 e. The maximum absolute atomic E-state index is 10.8. The van der Waals surface area contributed by atoms with Crippen molar-refractivity contribution in [1.29, 1.82) is 0 Å². The Hall–Kier alpha value is -1.22. The van der Waals surface area contributed by atoms with E-state index in [1.165, 1.54) is 0 Å².